The first-order valence-electron chi connectivity index (χ1n) is 6.14. The first-order chi connectivity index (χ1) is 10.9. The Morgan fingerprint density at radius 1 is 0.958 bits per heavy atom. The summed E-state index contributed by atoms with van der Waals surface area (Å²) in [5.41, 5.74) is -6.14. The van der Waals surface area contributed by atoms with E-state index in [0.29, 0.717) is 0 Å². The predicted octanol–water partition coefficient (Wildman–Crippen LogP) is 1.78. The quantitative estimate of drug-likeness (QED) is 0.340. The van der Waals surface area contributed by atoms with E-state index in [2.05, 4.69) is 4.18 Å². The van der Waals surface area contributed by atoms with Gasteiger partial charge in [-0.25, -0.2) is 8.78 Å². The fraction of sp³-hybridized carbons (Fsp3) is 0.333. The Morgan fingerprint density at radius 3 is 1.83 bits per heavy atom. The number of rotatable bonds is 5. The second kappa shape index (κ2) is 5.77. The minimum Gasteiger partial charge on any atom is -0.269 e. The number of alkyl halides is 5. The second-order valence-electron chi connectivity index (χ2n) is 4.76. The number of hydrogen-bond donors (Lipinski definition) is 0. The topological polar surface area (TPSA) is 80.8 Å². The molecule has 1 aliphatic rings. The summed E-state index contributed by atoms with van der Waals surface area (Å²) in [5.74, 6) is -6.33. The number of hydrogen-bond acceptors (Lipinski definition) is 5. The Hall–Kier alpha value is -2.08. The lowest BCUT2D eigenvalue weighted by Gasteiger charge is -2.22. The van der Waals surface area contributed by atoms with Gasteiger partial charge in [-0.05, 0) is 12.1 Å². The zero-order valence-electron chi connectivity index (χ0n) is 11.5. The van der Waals surface area contributed by atoms with Crippen LogP contribution in [0, 0.1) is 0 Å². The third kappa shape index (κ3) is 3.38. The molecule has 0 aromatic heterocycles. The summed E-state index contributed by atoms with van der Waals surface area (Å²) in [6, 6.07) is 5.23. The molecule has 2 amide bonds. The van der Waals surface area contributed by atoms with Crippen molar-refractivity contribution in [1.29, 1.82) is 0 Å². The van der Waals surface area contributed by atoms with Crippen LogP contribution in [0.5, 0.6) is 0 Å². The third-order valence-electron chi connectivity index (χ3n) is 2.98. The van der Waals surface area contributed by atoms with Gasteiger partial charge in [0.15, 0.2) is 0 Å². The summed E-state index contributed by atoms with van der Waals surface area (Å²) >= 11 is 0. The number of amides is 2. The zero-order chi connectivity index (χ0) is 18.3. The van der Waals surface area contributed by atoms with E-state index in [1.807, 2.05) is 0 Å². The molecule has 1 aliphatic heterocycles. The van der Waals surface area contributed by atoms with Gasteiger partial charge in [0.1, 0.15) is 6.61 Å². The van der Waals surface area contributed by atoms with Crippen LogP contribution >= 0.6 is 0 Å². The molecule has 6 nitrogen and oxygen atoms in total. The second-order valence-corrected chi connectivity index (χ2v) is 6.37. The van der Waals surface area contributed by atoms with Crippen LogP contribution in [-0.2, 0) is 14.3 Å². The fourth-order valence-electron chi connectivity index (χ4n) is 1.89. The summed E-state index contributed by atoms with van der Waals surface area (Å²) in [6.45, 7) is -3.78. The summed E-state index contributed by atoms with van der Waals surface area (Å²) in [7, 11) is -6.21. The van der Waals surface area contributed by atoms with Crippen molar-refractivity contribution in [3.05, 3.63) is 35.4 Å². The Labute approximate surface area is 131 Å². The highest BCUT2D eigenvalue weighted by Gasteiger charge is 2.50. The van der Waals surface area contributed by atoms with Crippen LogP contribution in [-0.4, -0.2) is 49.7 Å². The normalized spacial score (nSPS) is 15.8. The molecule has 0 N–H and O–H groups in total. The number of halogens is 5. The summed E-state index contributed by atoms with van der Waals surface area (Å²) in [5, 5.41) is 0. The highest BCUT2D eigenvalue weighted by Crippen LogP contribution is 2.29. The molecule has 2 rings (SSSR count). The smallest absolute Gasteiger partial charge is 0.269 e. The monoisotopic (exact) mass is 373 g/mol. The molecule has 24 heavy (non-hydrogen) atoms. The van der Waals surface area contributed by atoms with Crippen molar-refractivity contribution in [2.24, 2.45) is 0 Å². The van der Waals surface area contributed by atoms with Crippen molar-refractivity contribution in [3.63, 3.8) is 0 Å². The molecule has 0 saturated carbocycles. The highest BCUT2D eigenvalue weighted by molar-refractivity contribution is 7.87. The minimum atomic E-state index is -6.21. The van der Waals surface area contributed by atoms with Crippen LogP contribution in [0.4, 0.5) is 22.0 Å². The van der Waals surface area contributed by atoms with E-state index in [4.69, 9.17) is 0 Å². The molecule has 0 aliphatic carbocycles. The van der Waals surface area contributed by atoms with Gasteiger partial charge >= 0.3 is 15.6 Å². The number of carbonyl (C=O) groups is 2. The summed E-state index contributed by atoms with van der Waals surface area (Å²) in [6.07, 6.45) is 0. The standard InChI is InChI=1S/C12H8F5NO5S/c13-11(14,6-23-24(21,22)12(15,16)17)5-18-9(19)7-3-1-2-4-8(7)10(18)20/h1-4H,5-6H2. The first-order valence-corrected chi connectivity index (χ1v) is 7.55. The van der Waals surface area contributed by atoms with Gasteiger partial charge < -0.3 is 0 Å². The number of fused-ring (bicyclic) bond motifs is 1. The number of imide groups is 1. The summed E-state index contributed by atoms with van der Waals surface area (Å²) in [4.78, 5) is 23.9. The zero-order valence-corrected chi connectivity index (χ0v) is 12.3. The lowest BCUT2D eigenvalue weighted by atomic mass is 10.1. The van der Waals surface area contributed by atoms with E-state index in [9.17, 15) is 40.0 Å². The Morgan fingerprint density at radius 2 is 1.42 bits per heavy atom. The van der Waals surface area contributed by atoms with Gasteiger partial charge in [-0.3, -0.25) is 18.7 Å². The number of carbonyl (C=O) groups excluding carboxylic acids is 2. The van der Waals surface area contributed by atoms with Crippen LogP contribution in [0.15, 0.2) is 24.3 Å². The van der Waals surface area contributed by atoms with Gasteiger partial charge in [0.2, 0.25) is 0 Å². The average Bonchev–Trinajstić information content (AvgIpc) is 2.70. The minimum absolute atomic E-state index is 0.119. The summed E-state index contributed by atoms with van der Waals surface area (Å²) < 4.78 is 87.9. The SMILES string of the molecule is O=C1c2ccccc2C(=O)N1CC(F)(F)COS(=O)(=O)C(F)(F)F. The van der Waals surface area contributed by atoms with Crippen molar-refractivity contribution >= 4 is 21.9 Å². The molecule has 0 saturated heterocycles. The van der Waals surface area contributed by atoms with Crippen molar-refractivity contribution in [3.8, 4) is 0 Å². The highest BCUT2D eigenvalue weighted by atomic mass is 32.2. The number of nitrogens with zero attached hydrogens (tertiary/aromatic N) is 1. The molecular formula is C12H8F5NO5S. The number of benzene rings is 1. The Kier molecular flexibility index (Phi) is 4.39. The van der Waals surface area contributed by atoms with Gasteiger partial charge in [-0.2, -0.15) is 21.6 Å². The fourth-order valence-corrected chi connectivity index (χ4v) is 2.35. The van der Waals surface area contributed by atoms with Crippen molar-refractivity contribution in [2.45, 2.75) is 11.4 Å². The van der Waals surface area contributed by atoms with Gasteiger partial charge in [0.05, 0.1) is 17.7 Å². The predicted molar refractivity (Wildman–Crippen MR) is 67.7 cm³/mol. The van der Waals surface area contributed by atoms with Crippen LogP contribution in [0.3, 0.4) is 0 Å². The molecular weight excluding hydrogens is 365 g/mol. The van der Waals surface area contributed by atoms with E-state index in [1.165, 1.54) is 24.3 Å². The van der Waals surface area contributed by atoms with Crippen LogP contribution in [0.2, 0.25) is 0 Å². The molecule has 1 heterocycles. The molecule has 1 aromatic rings. The van der Waals surface area contributed by atoms with Crippen molar-refractivity contribution in [1.82, 2.24) is 4.90 Å². The molecule has 12 heteroatoms. The van der Waals surface area contributed by atoms with E-state index in [1.54, 1.807) is 0 Å². The molecule has 0 fully saturated rings. The molecule has 0 radical (unpaired) electrons. The lowest BCUT2D eigenvalue weighted by molar-refractivity contribution is -0.0770. The van der Waals surface area contributed by atoms with Gasteiger partial charge in [0, 0.05) is 0 Å². The maximum atomic E-state index is 13.7. The average molecular weight is 373 g/mol. The largest absolute Gasteiger partial charge is 0.523 e. The van der Waals surface area contributed by atoms with Crippen molar-refractivity contribution < 1.29 is 44.1 Å². The van der Waals surface area contributed by atoms with Crippen LogP contribution in [0.25, 0.3) is 0 Å². The molecule has 0 bridgehead atoms. The molecule has 132 valence electrons. The van der Waals surface area contributed by atoms with Gasteiger partial charge in [-0.1, -0.05) is 12.1 Å². The third-order valence-corrected chi connectivity index (χ3v) is 3.97. The van der Waals surface area contributed by atoms with E-state index in [0.717, 1.165) is 0 Å². The maximum Gasteiger partial charge on any atom is 0.523 e. The van der Waals surface area contributed by atoms with Crippen molar-refractivity contribution in [2.75, 3.05) is 13.2 Å². The molecule has 0 atom stereocenters. The molecule has 0 unspecified atom stereocenters. The van der Waals surface area contributed by atoms with Gasteiger partial charge in [0.25, 0.3) is 17.7 Å². The Balaban J connectivity index is 2.11. The van der Waals surface area contributed by atoms with E-state index in [-0.39, 0.29) is 16.0 Å². The first kappa shape index (κ1) is 18.3. The van der Waals surface area contributed by atoms with Crippen LogP contribution < -0.4 is 0 Å². The van der Waals surface area contributed by atoms with E-state index < -0.39 is 46.5 Å². The van der Waals surface area contributed by atoms with Gasteiger partial charge in [-0.15, -0.1) is 0 Å². The lowest BCUT2D eigenvalue weighted by Crippen LogP contribution is -2.44. The Bertz CT molecular complexity index is 754. The van der Waals surface area contributed by atoms with Crippen LogP contribution in [0.1, 0.15) is 20.7 Å². The molecule has 1 aromatic carbocycles. The van der Waals surface area contributed by atoms with E-state index >= 15 is 0 Å². The maximum absolute atomic E-state index is 13.7. The molecule has 0 spiro atoms.